The first-order chi connectivity index (χ1) is 13.1. The van der Waals surface area contributed by atoms with Gasteiger partial charge in [-0.15, -0.1) is 0 Å². The van der Waals surface area contributed by atoms with Gasteiger partial charge in [0.25, 0.3) is 0 Å². The van der Waals surface area contributed by atoms with Gasteiger partial charge in [-0.25, -0.2) is 0 Å². The SMILES string of the molecule is CC1(CCN2CCCCC2)C(=O)NC(c2ccc(Cl)cc2)c2ccccc21. The second-order valence-electron chi connectivity index (χ2n) is 8.03. The largest absolute Gasteiger partial charge is 0.344 e. The number of halogens is 1. The van der Waals surface area contributed by atoms with Crippen molar-refractivity contribution in [2.24, 2.45) is 0 Å². The number of carbonyl (C=O) groups is 1. The van der Waals surface area contributed by atoms with Crippen LogP contribution in [0, 0.1) is 0 Å². The lowest BCUT2D eigenvalue weighted by atomic mass is 9.71. The van der Waals surface area contributed by atoms with Crippen LogP contribution in [-0.2, 0) is 10.2 Å². The summed E-state index contributed by atoms with van der Waals surface area (Å²) in [5.41, 5.74) is 2.93. The topological polar surface area (TPSA) is 32.3 Å². The van der Waals surface area contributed by atoms with Crippen molar-refractivity contribution in [2.45, 2.75) is 44.1 Å². The number of piperidine rings is 1. The Hall–Kier alpha value is -1.84. The van der Waals surface area contributed by atoms with Crippen molar-refractivity contribution in [3.8, 4) is 0 Å². The van der Waals surface area contributed by atoms with Gasteiger partial charge in [-0.3, -0.25) is 4.79 Å². The highest BCUT2D eigenvalue weighted by Crippen LogP contribution is 2.40. The lowest BCUT2D eigenvalue weighted by Gasteiger charge is -2.40. The molecular weight excluding hydrogens is 356 g/mol. The lowest BCUT2D eigenvalue weighted by Crippen LogP contribution is -2.50. The van der Waals surface area contributed by atoms with Crippen LogP contribution in [0.25, 0.3) is 0 Å². The molecule has 2 aromatic carbocycles. The van der Waals surface area contributed by atoms with E-state index in [0.29, 0.717) is 5.02 Å². The second-order valence-corrected chi connectivity index (χ2v) is 8.47. The van der Waals surface area contributed by atoms with Crippen molar-refractivity contribution in [2.75, 3.05) is 19.6 Å². The van der Waals surface area contributed by atoms with Gasteiger partial charge in [0.15, 0.2) is 0 Å². The number of likely N-dealkylation sites (tertiary alicyclic amines) is 1. The summed E-state index contributed by atoms with van der Waals surface area (Å²) in [6.45, 7) is 5.40. The molecule has 142 valence electrons. The molecule has 0 spiro atoms. The minimum absolute atomic E-state index is 0.117. The van der Waals surface area contributed by atoms with Crippen LogP contribution in [0.5, 0.6) is 0 Å². The third-order valence-corrected chi connectivity index (χ3v) is 6.47. The van der Waals surface area contributed by atoms with Crippen LogP contribution in [-0.4, -0.2) is 30.4 Å². The Bertz CT molecular complexity index is 813. The van der Waals surface area contributed by atoms with Crippen molar-refractivity contribution < 1.29 is 4.79 Å². The fourth-order valence-corrected chi connectivity index (χ4v) is 4.60. The quantitative estimate of drug-likeness (QED) is 0.831. The van der Waals surface area contributed by atoms with Gasteiger partial charge >= 0.3 is 0 Å². The minimum Gasteiger partial charge on any atom is -0.344 e. The number of rotatable bonds is 4. The highest BCUT2D eigenvalue weighted by Gasteiger charge is 2.43. The van der Waals surface area contributed by atoms with E-state index in [1.807, 2.05) is 24.3 Å². The van der Waals surface area contributed by atoms with E-state index in [1.165, 1.54) is 24.8 Å². The van der Waals surface area contributed by atoms with Crippen LogP contribution < -0.4 is 5.32 Å². The van der Waals surface area contributed by atoms with E-state index in [4.69, 9.17) is 11.6 Å². The average molecular weight is 383 g/mol. The summed E-state index contributed by atoms with van der Waals surface area (Å²) in [7, 11) is 0. The average Bonchev–Trinajstić information content (AvgIpc) is 2.71. The molecule has 2 unspecified atom stereocenters. The summed E-state index contributed by atoms with van der Waals surface area (Å²) < 4.78 is 0. The fourth-order valence-electron chi connectivity index (χ4n) is 4.47. The van der Waals surface area contributed by atoms with E-state index in [-0.39, 0.29) is 11.9 Å². The summed E-state index contributed by atoms with van der Waals surface area (Å²) in [6, 6.07) is 16.0. The number of carbonyl (C=O) groups excluding carboxylic acids is 1. The van der Waals surface area contributed by atoms with E-state index in [9.17, 15) is 4.79 Å². The maximum absolute atomic E-state index is 13.2. The summed E-state index contributed by atoms with van der Waals surface area (Å²) >= 11 is 6.05. The molecular formula is C23H27ClN2O. The fraction of sp³-hybridized carbons (Fsp3) is 0.435. The summed E-state index contributed by atoms with van der Waals surface area (Å²) in [5.74, 6) is 0.123. The number of hydrogen-bond acceptors (Lipinski definition) is 2. The van der Waals surface area contributed by atoms with Crippen LogP contribution in [0.3, 0.4) is 0 Å². The number of amides is 1. The van der Waals surface area contributed by atoms with E-state index in [0.717, 1.165) is 37.2 Å². The maximum Gasteiger partial charge on any atom is 0.231 e. The number of fused-ring (bicyclic) bond motifs is 1. The Labute approximate surface area is 166 Å². The first-order valence-electron chi connectivity index (χ1n) is 9.96. The highest BCUT2D eigenvalue weighted by atomic mass is 35.5. The van der Waals surface area contributed by atoms with Gasteiger partial charge < -0.3 is 10.2 Å². The van der Waals surface area contributed by atoms with Crippen molar-refractivity contribution >= 4 is 17.5 Å². The monoisotopic (exact) mass is 382 g/mol. The maximum atomic E-state index is 13.2. The van der Waals surface area contributed by atoms with Gasteiger partial charge in [0.1, 0.15) is 0 Å². The van der Waals surface area contributed by atoms with E-state index in [1.54, 1.807) is 0 Å². The van der Waals surface area contributed by atoms with Crippen molar-refractivity contribution in [1.82, 2.24) is 10.2 Å². The molecule has 0 radical (unpaired) electrons. The molecule has 1 fully saturated rings. The molecule has 0 aromatic heterocycles. The molecule has 2 aliphatic heterocycles. The predicted molar refractivity (Wildman–Crippen MR) is 110 cm³/mol. The van der Waals surface area contributed by atoms with Gasteiger partial charge in [-0.05, 0) is 74.6 Å². The molecule has 1 amide bonds. The first kappa shape index (κ1) is 18.5. The lowest BCUT2D eigenvalue weighted by molar-refractivity contribution is -0.128. The number of benzene rings is 2. The molecule has 1 N–H and O–H groups in total. The predicted octanol–water partition coefficient (Wildman–Crippen LogP) is 4.69. The van der Waals surface area contributed by atoms with E-state index >= 15 is 0 Å². The van der Waals surface area contributed by atoms with Gasteiger partial charge in [-0.1, -0.05) is 54.4 Å². The van der Waals surface area contributed by atoms with Gasteiger partial charge in [0.05, 0.1) is 11.5 Å². The Morgan fingerprint density at radius 2 is 1.78 bits per heavy atom. The van der Waals surface area contributed by atoms with Crippen LogP contribution in [0.1, 0.15) is 55.3 Å². The molecule has 4 heteroatoms. The molecule has 0 aliphatic carbocycles. The van der Waals surface area contributed by atoms with Crippen LogP contribution in [0.4, 0.5) is 0 Å². The van der Waals surface area contributed by atoms with Crippen molar-refractivity contribution in [3.63, 3.8) is 0 Å². The Kier molecular flexibility index (Phi) is 5.25. The molecule has 1 saturated heterocycles. The zero-order valence-electron chi connectivity index (χ0n) is 15.9. The van der Waals surface area contributed by atoms with Crippen LogP contribution >= 0.6 is 11.6 Å². The van der Waals surface area contributed by atoms with Crippen LogP contribution in [0.15, 0.2) is 48.5 Å². The smallest absolute Gasteiger partial charge is 0.231 e. The molecule has 2 aliphatic rings. The van der Waals surface area contributed by atoms with Gasteiger partial charge in [-0.2, -0.15) is 0 Å². The third-order valence-electron chi connectivity index (χ3n) is 6.22. The number of nitrogens with zero attached hydrogens (tertiary/aromatic N) is 1. The third kappa shape index (κ3) is 3.63. The highest BCUT2D eigenvalue weighted by molar-refractivity contribution is 6.30. The normalized spacial score (nSPS) is 25.7. The Morgan fingerprint density at radius 1 is 1.07 bits per heavy atom. The summed E-state index contributed by atoms with van der Waals surface area (Å²) in [6.07, 6.45) is 4.74. The molecule has 4 rings (SSSR count). The number of nitrogens with one attached hydrogen (secondary N) is 1. The first-order valence-corrected chi connectivity index (χ1v) is 10.3. The number of hydrogen-bond donors (Lipinski definition) is 1. The summed E-state index contributed by atoms with van der Waals surface area (Å²) in [5, 5.41) is 3.99. The zero-order chi connectivity index (χ0) is 18.9. The summed E-state index contributed by atoms with van der Waals surface area (Å²) in [4.78, 5) is 15.8. The molecule has 27 heavy (non-hydrogen) atoms. The van der Waals surface area contributed by atoms with Crippen molar-refractivity contribution in [1.29, 1.82) is 0 Å². The zero-order valence-corrected chi connectivity index (χ0v) is 16.6. The second kappa shape index (κ2) is 7.65. The molecule has 0 saturated carbocycles. The van der Waals surface area contributed by atoms with Gasteiger partial charge in [0.2, 0.25) is 5.91 Å². The molecule has 2 atom stereocenters. The van der Waals surface area contributed by atoms with Gasteiger partial charge in [0, 0.05) is 5.02 Å². The standard InChI is InChI=1S/C23H27ClN2O/c1-23(13-16-26-14-5-2-6-15-26)20-8-4-3-7-19(20)21(25-22(23)27)17-9-11-18(24)12-10-17/h3-4,7-12,21H,2,5-6,13-16H2,1H3,(H,25,27). The molecule has 0 bridgehead atoms. The van der Waals surface area contributed by atoms with Crippen molar-refractivity contribution in [3.05, 3.63) is 70.2 Å². The van der Waals surface area contributed by atoms with Crippen LogP contribution in [0.2, 0.25) is 5.02 Å². The molecule has 2 aromatic rings. The van der Waals surface area contributed by atoms with E-state index < -0.39 is 5.41 Å². The molecule has 3 nitrogen and oxygen atoms in total. The molecule has 2 heterocycles. The Balaban J connectivity index is 1.64. The van der Waals surface area contributed by atoms with E-state index in [2.05, 4.69) is 41.4 Å². The Morgan fingerprint density at radius 3 is 2.52 bits per heavy atom. The minimum atomic E-state index is -0.489.